The molecule has 0 saturated carbocycles. The molecule has 0 atom stereocenters. The molecule has 1 aromatic carbocycles. The second-order valence-electron chi connectivity index (χ2n) is 5.23. The SMILES string of the molecule is CCCN(CCC)C(=O)c1cccc(C(=O)NCCNC)c1. The standard InChI is InChI=1S/C17H27N3O2/c1-4-11-20(12-5-2)17(22)15-8-6-7-14(13-15)16(21)19-10-9-18-3/h6-8,13,18H,4-5,9-12H2,1-3H3,(H,19,21). The predicted molar refractivity (Wildman–Crippen MR) is 89.2 cm³/mol. The third-order valence-corrected chi connectivity index (χ3v) is 3.31. The van der Waals surface area contributed by atoms with Crippen molar-refractivity contribution < 1.29 is 9.59 Å². The highest BCUT2D eigenvalue weighted by molar-refractivity contribution is 5.99. The number of nitrogens with one attached hydrogen (secondary N) is 2. The number of benzene rings is 1. The molecule has 0 aliphatic heterocycles. The summed E-state index contributed by atoms with van der Waals surface area (Å²) in [5, 5.41) is 5.79. The van der Waals surface area contributed by atoms with E-state index in [1.165, 1.54) is 0 Å². The van der Waals surface area contributed by atoms with Crippen LogP contribution in [0.25, 0.3) is 0 Å². The van der Waals surface area contributed by atoms with Gasteiger partial charge < -0.3 is 15.5 Å². The lowest BCUT2D eigenvalue weighted by Gasteiger charge is -2.21. The molecule has 5 heteroatoms. The van der Waals surface area contributed by atoms with E-state index < -0.39 is 0 Å². The first-order valence-corrected chi connectivity index (χ1v) is 7.96. The van der Waals surface area contributed by atoms with Crippen molar-refractivity contribution in [3.8, 4) is 0 Å². The highest BCUT2D eigenvalue weighted by atomic mass is 16.2. The summed E-state index contributed by atoms with van der Waals surface area (Å²) in [5.41, 5.74) is 1.10. The fraction of sp³-hybridized carbons (Fsp3) is 0.529. The minimum absolute atomic E-state index is 0.00595. The van der Waals surface area contributed by atoms with E-state index >= 15 is 0 Å². The van der Waals surface area contributed by atoms with E-state index in [0.29, 0.717) is 24.2 Å². The molecular formula is C17H27N3O2. The number of rotatable bonds is 9. The molecule has 0 fully saturated rings. The topological polar surface area (TPSA) is 61.4 Å². The molecule has 0 aliphatic rings. The molecule has 0 unspecified atom stereocenters. The molecule has 0 radical (unpaired) electrons. The minimum Gasteiger partial charge on any atom is -0.351 e. The zero-order valence-electron chi connectivity index (χ0n) is 13.8. The second-order valence-corrected chi connectivity index (χ2v) is 5.23. The molecule has 1 rings (SSSR count). The zero-order valence-corrected chi connectivity index (χ0v) is 13.8. The van der Waals surface area contributed by atoms with Gasteiger partial charge in [0.05, 0.1) is 0 Å². The number of amides is 2. The van der Waals surface area contributed by atoms with Crippen LogP contribution in [0.15, 0.2) is 24.3 Å². The summed E-state index contributed by atoms with van der Waals surface area (Å²) >= 11 is 0. The lowest BCUT2D eigenvalue weighted by molar-refractivity contribution is 0.0755. The van der Waals surface area contributed by atoms with Crippen LogP contribution in [0.4, 0.5) is 0 Å². The summed E-state index contributed by atoms with van der Waals surface area (Å²) in [5.74, 6) is -0.156. The van der Waals surface area contributed by atoms with Gasteiger partial charge >= 0.3 is 0 Å². The van der Waals surface area contributed by atoms with E-state index in [4.69, 9.17) is 0 Å². The van der Waals surface area contributed by atoms with Gasteiger partial charge in [-0.3, -0.25) is 9.59 Å². The molecule has 122 valence electrons. The van der Waals surface area contributed by atoms with Crippen molar-refractivity contribution in [1.82, 2.24) is 15.5 Å². The number of carbonyl (C=O) groups excluding carboxylic acids is 2. The van der Waals surface area contributed by atoms with E-state index in [-0.39, 0.29) is 11.8 Å². The summed E-state index contributed by atoms with van der Waals surface area (Å²) in [6.45, 7) is 6.87. The molecule has 0 aromatic heterocycles. The maximum absolute atomic E-state index is 12.5. The van der Waals surface area contributed by atoms with Crippen molar-refractivity contribution in [1.29, 1.82) is 0 Å². The zero-order chi connectivity index (χ0) is 16.4. The van der Waals surface area contributed by atoms with Crippen LogP contribution in [0.2, 0.25) is 0 Å². The Kier molecular flexibility index (Phi) is 8.22. The highest BCUT2D eigenvalue weighted by Gasteiger charge is 2.15. The van der Waals surface area contributed by atoms with E-state index in [9.17, 15) is 9.59 Å². The molecule has 2 N–H and O–H groups in total. The summed E-state index contributed by atoms with van der Waals surface area (Å²) in [4.78, 5) is 26.4. The van der Waals surface area contributed by atoms with Gasteiger partial charge in [0, 0.05) is 37.3 Å². The van der Waals surface area contributed by atoms with Gasteiger partial charge in [-0.15, -0.1) is 0 Å². The molecule has 5 nitrogen and oxygen atoms in total. The first kappa shape index (κ1) is 18.2. The Morgan fingerprint density at radius 3 is 2.27 bits per heavy atom. The number of hydrogen-bond acceptors (Lipinski definition) is 3. The van der Waals surface area contributed by atoms with Crippen LogP contribution in [-0.2, 0) is 0 Å². The van der Waals surface area contributed by atoms with E-state index in [2.05, 4.69) is 24.5 Å². The van der Waals surface area contributed by atoms with E-state index in [1.807, 2.05) is 11.9 Å². The van der Waals surface area contributed by atoms with Crippen molar-refractivity contribution in [2.45, 2.75) is 26.7 Å². The maximum atomic E-state index is 12.5. The lowest BCUT2D eigenvalue weighted by Crippen LogP contribution is -2.33. The molecule has 0 spiro atoms. The van der Waals surface area contributed by atoms with Gasteiger partial charge in [0.1, 0.15) is 0 Å². The van der Waals surface area contributed by atoms with Crippen LogP contribution in [0.1, 0.15) is 47.4 Å². The Morgan fingerprint density at radius 1 is 1.05 bits per heavy atom. The van der Waals surface area contributed by atoms with Crippen molar-refractivity contribution in [2.24, 2.45) is 0 Å². The fourth-order valence-electron chi connectivity index (χ4n) is 2.23. The Bertz CT molecular complexity index is 483. The predicted octanol–water partition coefficient (Wildman–Crippen LogP) is 1.90. The Labute approximate surface area is 133 Å². The van der Waals surface area contributed by atoms with Gasteiger partial charge in [-0.1, -0.05) is 19.9 Å². The first-order valence-electron chi connectivity index (χ1n) is 7.96. The molecule has 1 aromatic rings. The third kappa shape index (κ3) is 5.48. The summed E-state index contributed by atoms with van der Waals surface area (Å²) in [6, 6.07) is 6.94. The van der Waals surface area contributed by atoms with Crippen LogP contribution >= 0.6 is 0 Å². The van der Waals surface area contributed by atoms with E-state index in [1.54, 1.807) is 24.3 Å². The molecule has 0 aliphatic carbocycles. The van der Waals surface area contributed by atoms with E-state index in [0.717, 1.165) is 25.9 Å². The monoisotopic (exact) mass is 305 g/mol. The van der Waals surface area contributed by atoms with Gasteiger partial charge in [-0.05, 0) is 38.1 Å². The van der Waals surface area contributed by atoms with Gasteiger partial charge in [0.15, 0.2) is 0 Å². The smallest absolute Gasteiger partial charge is 0.253 e. The number of nitrogens with zero attached hydrogens (tertiary/aromatic N) is 1. The average Bonchev–Trinajstić information content (AvgIpc) is 2.54. The van der Waals surface area contributed by atoms with Crippen molar-refractivity contribution in [2.75, 3.05) is 33.2 Å². The lowest BCUT2D eigenvalue weighted by atomic mass is 10.1. The molecule has 22 heavy (non-hydrogen) atoms. The summed E-state index contributed by atoms with van der Waals surface area (Å²) in [7, 11) is 1.83. The van der Waals surface area contributed by atoms with Gasteiger partial charge in [-0.2, -0.15) is 0 Å². The molecule has 0 bridgehead atoms. The van der Waals surface area contributed by atoms with Crippen molar-refractivity contribution in [3.05, 3.63) is 35.4 Å². The highest BCUT2D eigenvalue weighted by Crippen LogP contribution is 2.10. The Hall–Kier alpha value is -1.88. The van der Waals surface area contributed by atoms with Gasteiger partial charge in [-0.25, -0.2) is 0 Å². The molecular weight excluding hydrogens is 278 g/mol. The van der Waals surface area contributed by atoms with Crippen molar-refractivity contribution in [3.63, 3.8) is 0 Å². The Morgan fingerprint density at radius 2 is 1.68 bits per heavy atom. The number of likely N-dealkylation sites (N-methyl/N-ethyl adjacent to an activating group) is 1. The molecule has 0 saturated heterocycles. The van der Waals surface area contributed by atoms with Crippen LogP contribution < -0.4 is 10.6 Å². The number of hydrogen-bond donors (Lipinski definition) is 2. The normalized spacial score (nSPS) is 10.3. The van der Waals surface area contributed by atoms with Crippen LogP contribution in [-0.4, -0.2) is 49.9 Å². The largest absolute Gasteiger partial charge is 0.351 e. The quantitative estimate of drug-likeness (QED) is 0.685. The second kappa shape index (κ2) is 9.95. The Balaban J connectivity index is 2.81. The minimum atomic E-state index is -0.151. The number of carbonyl (C=O) groups is 2. The molecule has 0 heterocycles. The van der Waals surface area contributed by atoms with Gasteiger partial charge in [0.2, 0.25) is 0 Å². The first-order chi connectivity index (χ1) is 10.6. The third-order valence-electron chi connectivity index (χ3n) is 3.31. The maximum Gasteiger partial charge on any atom is 0.253 e. The fourth-order valence-corrected chi connectivity index (χ4v) is 2.23. The van der Waals surface area contributed by atoms with Crippen LogP contribution in [0.3, 0.4) is 0 Å². The average molecular weight is 305 g/mol. The van der Waals surface area contributed by atoms with Crippen LogP contribution in [0.5, 0.6) is 0 Å². The summed E-state index contributed by atoms with van der Waals surface area (Å²) < 4.78 is 0. The van der Waals surface area contributed by atoms with Crippen molar-refractivity contribution >= 4 is 11.8 Å². The van der Waals surface area contributed by atoms with Gasteiger partial charge in [0.25, 0.3) is 11.8 Å². The molecule has 2 amide bonds. The summed E-state index contributed by atoms with van der Waals surface area (Å²) in [6.07, 6.45) is 1.85. The van der Waals surface area contributed by atoms with Crippen LogP contribution in [0, 0.1) is 0 Å².